The molecule has 3 aromatic carbocycles. The molecule has 3 rings (SSSR count). The molecule has 154 valence electrons. The Morgan fingerprint density at radius 3 is 2.40 bits per heavy atom. The number of methoxy groups -OCH3 is 1. The molecule has 3 aromatic rings. The van der Waals surface area contributed by atoms with Crippen LogP contribution in [-0.4, -0.2) is 12.9 Å². The van der Waals surface area contributed by atoms with Gasteiger partial charge in [0.15, 0.2) is 5.78 Å². The first-order valence-corrected chi connectivity index (χ1v) is 9.93. The van der Waals surface area contributed by atoms with Crippen LogP contribution in [0.4, 0.5) is 4.39 Å². The second-order valence-corrected chi connectivity index (χ2v) is 7.48. The van der Waals surface area contributed by atoms with Crippen molar-refractivity contribution in [1.82, 2.24) is 0 Å². The maximum Gasteiger partial charge on any atom is 0.185 e. The molecule has 0 aromatic heterocycles. The van der Waals surface area contributed by atoms with Gasteiger partial charge in [-0.1, -0.05) is 46.9 Å². The van der Waals surface area contributed by atoms with Crippen LogP contribution in [0.5, 0.6) is 11.5 Å². The normalized spacial score (nSPS) is 11.0. The van der Waals surface area contributed by atoms with Crippen LogP contribution in [0.1, 0.15) is 21.5 Å². The summed E-state index contributed by atoms with van der Waals surface area (Å²) in [6.07, 6.45) is 3.13. The number of rotatable bonds is 7. The molecular formula is C23H16Cl3FO3. The summed E-state index contributed by atoms with van der Waals surface area (Å²) in [5.74, 6) is 0.320. The largest absolute Gasteiger partial charge is 0.496 e. The van der Waals surface area contributed by atoms with Crippen LogP contribution >= 0.6 is 34.8 Å². The van der Waals surface area contributed by atoms with E-state index in [9.17, 15) is 9.18 Å². The van der Waals surface area contributed by atoms with Crippen molar-refractivity contribution in [2.45, 2.75) is 6.61 Å². The highest BCUT2D eigenvalue weighted by molar-refractivity contribution is 6.42. The molecule has 3 nitrogen and oxygen atoms in total. The Morgan fingerprint density at radius 2 is 1.70 bits per heavy atom. The zero-order chi connectivity index (χ0) is 21.7. The monoisotopic (exact) mass is 464 g/mol. The minimum Gasteiger partial charge on any atom is -0.496 e. The summed E-state index contributed by atoms with van der Waals surface area (Å²) in [5, 5.41) is 0.884. The molecule has 7 heteroatoms. The average molecular weight is 466 g/mol. The van der Waals surface area contributed by atoms with Crippen molar-refractivity contribution < 1.29 is 18.7 Å². The lowest BCUT2D eigenvalue weighted by atomic mass is 10.1. The van der Waals surface area contributed by atoms with Gasteiger partial charge in [0.05, 0.1) is 22.2 Å². The number of hydrogen-bond acceptors (Lipinski definition) is 3. The summed E-state index contributed by atoms with van der Waals surface area (Å²) in [7, 11) is 1.55. The standard InChI is InChI=1S/C23H16Cl3FO3/c1-29-22-8-3-14(2-7-21(28)15-4-6-18(24)19(25)11-15)10-16(22)13-30-23-9-5-17(27)12-20(23)26/h2-12H,13H2,1H3/b7-2+. The molecule has 0 amide bonds. The minimum atomic E-state index is -0.441. The molecule has 0 aliphatic carbocycles. The highest BCUT2D eigenvalue weighted by atomic mass is 35.5. The van der Waals surface area contributed by atoms with E-state index in [1.165, 1.54) is 30.3 Å². The first-order chi connectivity index (χ1) is 14.4. The molecule has 0 atom stereocenters. The zero-order valence-corrected chi connectivity index (χ0v) is 18.1. The van der Waals surface area contributed by atoms with Gasteiger partial charge in [-0.25, -0.2) is 4.39 Å². The summed E-state index contributed by atoms with van der Waals surface area (Å²) in [4.78, 5) is 12.4. The molecule has 0 saturated heterocycles. The summed E-state index contributed by atoms with van der Waals surface area (Å²) in [5.41, 5.74) is 1.94. The van der Waals surface area contributed by atoms with Crippen molar-refractivity contribution >= 4 is 46.7 Å². The van der Waals surface area contributed by atoms with Gasteiger partial charge in [-0.3, -0.25) is 4.79 Å². The number of benzene rings is 3. The van der Waals surface area contributed by atoms with E-state index >= 15 is 0 Å². The van der Waals surface area contributed by atoms with Crippen LogP contribution in [0.15, 0.2) is 60.7 Å². The highest BCUT2D eigenvalue weighted by Gasteiger charge is 2.09. The Morgan fingerprint density at radius 1 is 0.933 bits per heavy atom. The van der Waals surface area contributed by atoms with Crippen molar-refractivity contribution in [2.75, 3.05) is 7.11 Å². The van der Waals surface area contributed by atoms with Crippen molar-refractivity contribution in [2.24, 2.45) is 0 Å². The van der Waals surface area contributed by atoms with Gasteiger partial charge in [0.25, 0.3) is 0 Å². The van der Waals surface area contributed by atoms with E-state index < -0.39 is 5.82 Å². The summed E-state index contributed by atoms with van der Waals surface area (Å²) < 4.78 is 24.3. The fraction of sp³-hybridized carbons (Fsp3) is 0.0870. The number of halogens is 4. The third-order valence-corrected chi connectivity index (χ3v) is 5.25. The second-order valence-electron chi connectivity index (χ2n) is 6.26. The third kappa shape index (κ3) is 5.54. The highest BCUT2D eigenvalue weighted by Crippen LogP contribution is 2.28. The lowest BCUT2D eigenvalue weighted by Gasteiger charge is -2.12. The molecule has 0 bridgehead atoms. The van der Waals surface area contributed by atoms with E-state index in [1.54, 1.807) is 31.4 Å². The van der Waals surface area contributed by atoms with E-state index in [1.807, 2.05) is 12.1 Å². The van der Waals surface area contributed by atoms with Gasteiger partial charge in [0.1, 0.15) is 23.9 Å². The molecule has 0 aliphatic heterocycles. The molecule has 0 fully saturated rings. The minimum absolute atomic E-state index is 0.150. The maximum atomic E-state index is 13.2. The van der Waals surface area contributed by atoms with Gasteiger partial charge in [0.2, 0.25) is 0 Å². The average Bonchev–Trinajstić information content (AvgIpc) is 2.73. The quantitative estimate of drug-likeness (QED) is 0.272. The molecule has 0 unspecified atom stereocenters. The Hall–Kier alpha value is -2.53. The molecule has 0 aliphatic rings. The van der Waals surface area contributed by atoms with Crippen LogP contribution in [0.3, 0.4) is 0 Å². The Kier molecular flexibility index (Phi) is 7.38. The Labute approximate surface area is 188 Å². The number of allylic oxidation sites excluding steroid dienone is 1. The summed E-state index contributed by atoms with van der Waals surface area (Å²) in [6, 6.07) is 14.0. The van der Waals surface area contributed by atoms with Crippen molar-refractivity contribution in [1.29, 1.82) is 0 Å². The summed E-state index contributed by atoms with van der Waals surface area (Å²) in [6.45, 7) is 0.150. The number of carbonyl (C=O) groups is 1. The third-order valence-electron chi connectivity index (χ3n) is 4.21. The van der Waals surface area contributed by atoms with Gasteiger partial charge in [-0.2, -0.15) is 0 Å². The molecular weight excluding hydrogens is 450 g/mol. The SMILES string of the molecule is COc1ccc(/C=C/C(=O)c2ccc(Cl)c(Cl)c2)cc1COc1ccc(F)cc1Cl. The lowest BCUT2D eigenvalue weighted by molar-refractivity contribution is 0.104. The number of carbonyl (C=O) groups excluding carboxylic acids is 1. The Bertz CT molecular complexity index is 1110. The van der Waals surface area contributed by atoms with Crippen LogP contribution in [-0.2, 0) is 6.61 Å². The van der Waals surface area contributed by atoms with Crippen LogP contribution in [0.25, 0.3) is 6.08 Å². The Balaban J connectivity index is 1.77. The summed E-state index contributed by atoms with van der Waals surface area (Å²) >= 11 is 17.9. The molecule has 0 heterocycles. The fourth-order valence-electron chi connectivity index (χ4n) is 2.68. The molecule has 0 radical (unpaired) electrons. The first kappa shape index (κ1) is 22.2. The molecule has 0 N–H and O–H groups in total. The second kappa shape index (κ2) is 9.98. The number of ketones is 1. The number of ether oxygens (including phenoxy) is 2. The predicted octanol–water partition coefficient (Wildman–Crippen LogP) is 7.27. The molecule has 0 saturated carbocycles. The van der Waals surface area contributed by atoms with E-state index in [2.05, 4.69) is 0 Å². The van der Waals surface area contributed by atoms with Crippen LogP contribution < -0.4 is 9.47 Å². The molecule has 30 heavy (non-hydrogen) atoms. The van der Waals surface area contributed by atoms with Gasteiger partial charge >= 0.3 is 0 Å². The van der Waals surface area contributed by atoms with Crippen LogP contribution in [0.2, 0.25) is 15.1 Å². The van der Waals surface area contributed by atoms with Gasteiger partial charge in [-0.15, -0.1) is 0 Å². The number of hydrogen-bond donors (Lipinski definition) is 0. The predicted molar refractivity (Wildman–Crippen MR) is 119 cm³/mol. The maximum absolute atomic E-state index is 13.2. The van der Waals surface area contributed by atoms with Crippen molar-refractivity contribution in [3.63, 3.8) is 0 Å². The molecule has 0 spiro atoms. The lowest BCUT2D eigenvalue weighted by Crippen LogP contribution is -2.00. The van der Waals surface area contributed by atoms with E-state index in [0.29, 0.717) is 27.1 Å². The van der Waals surface area contributed by atoms with Crippen molar-refractivity contribution in [3.05, 3.63) is 98.2 Å². The van der Waals surface area contributed by atoms with Gasteiger partial charge in [0, 0.05) is 11.1 Å². The zero-order valence-electron chi connectivity index (χ0n) is 15.8. The van der Waals surface area contributed by atoms with E-state index in [0.717, 1.165) is 11.1 Å². The smallest absolute Gasteiger partial charge is 0.185 e. The first-order valence-electron chi connectivity index (χ1n) is 8.79. The van der Waals surface area contributed by atoms with E-state index in [-0.39, 0.29) is 17.4 Å². The van der Waals surface area contributed by atoms with Crippen LogP contribution in [0, 0.1) is 5.82 Å². The van der Waals surface area contributed by atoms with E-state index in [4.69, 9.17) is 44.3 Å². The van der Waals surface area contributed by atoms with Gasteiger partial charge < -0.3 is 9.47 Å². The topological polar surface area (TPSA) is 35.5 Å². The fourth-order valence-corrected chi connectivity index (χ4v) is 3.20. The van der Waals surface area contributed by atoms with Gasteiger partial charge in [-0.05, 0) is 60.2 Å². The van der Waals surface area contributed by atoms with Crippen molar-refractivity contribution in [3.8, 4) is 11.5 Å².